The number of hydrogen-bond donors (Lipinski definition) is 1. The first-order valence-corrected chi connectivity index (χ1v) is 10.6. The summed E-state index contributed by atoms with van der Waals surface area (Å²) in [6.45, 7) is 3.54. The van der Waals surface area contributed by atoms with Crippen LogP contribution in [-0.2, 0) is 14.8 Å². The minimum atomic E-state index is -3.49. The molecule has 2 aromatic carbocycles. The van der Waals surface area contributed by atoms with E-state index in [2.05, 4.69) is 5.32 Å². The number of piperazine rings is 1. The van der Waals surface area contributed by atoms with Crippen LogP contribution in [0.1, 0.15) is 6.92 Å². The van der Waals surface area contributed by atoms with Gasteiger partial charge < -0.3 is 5.32 Å². The van der Waals surface area contributed by atoms with Crippen molar-refractivity contribution in [2.75, 3.05) is 31.5 Å². The first kappa shape index (κ1) is 19.8. The smallest absolute Gasteiger partial charge is 0.243 e. The lowest BCUT2D eigenvalue weighted by Gasteiger charge is -2.36. The second kappa shape index (κ2) is 8.39. The van der Waals surface area contributed by atoms with E-state index in [0.29, 0.717) is 41.8 Å². The molecule has 1 aliphatic rings. The second-order valence-corrected chi connectivity index (χ2v) is 8.80. The molecule has 0 bridgehead atoms. The van der Waals surface area contributed by atoms with Gasteiger partial charge in [-0.05, 0) is 43.3 Å². The number of carbonyl (C=O) groups is 1. The van der Waals surface area contributed by atoms with Crippen molar-refractivity contribution in [3.8, 4) is 0 Å². The quantitative estimate of drug-likeness (QED) is 0.827. The third-order valence-electron chi connectivity index (χ3n) is 4.69. The van der Waals surface area contributed by atoms with Gasteiger partial charge in [0.25, 0.3) is 0 Å². The Bertz CT molecular complexity index is 880. The summed E-state index contributed by atoms with van der Waals surface area (Å²) in [5, 5.41) is 3.47. The topological polar surface area (TPSA) is 69.7 Å². The average Bonchev–Trinajstić information content (AvgIpc) is 2.70. The molecule has 6 nitrogen and oxygen atoms in total. The fraction of sp³-hybridized carbons (Fsp3) is 0.316. The Balaban J connectivity index is 1.58. The third kappa shape index (κ3) is 4.68. The molecule has 1 aliphatic heterocycles. The summed E-state index contributed by atoms with van der Waals surface area (Å²) in [6, 6.07) is 15.0. The van der Waals surface area contributed by atoms with E-state index in [4.69, 9.17) is 11.6 Å². The average molecular weight is 408 g/mol. The van der Waals surface area contributed by atoms with Crippen molar-refractivity contribution in [1.82, 2.24) is 9.21 Å². The van der Waals surface area contributed by atoms with Gasteiger partial charge in [-0.1, -0.05) is 29.8 Å². The highest BCUT2D eigenvalue weighted by atomic mass is 35.5. The molecule has 0 aromatic heterocycles. The largest absolute Gasteiger partial charge is 0.325 e. The van der Waals surface area contributed by atoms with E-state index >= 15 is 0 Å². The number of amides is 1. The molecule has 1 amide bonds. The lowest BCUT2D eigenvalue weighted by Crippen LogP contribution is -2.53. The molecule has 0 saturated carbocycles. The van der Waals surface area contributed by atoms with Crippen LogP contribution in [0.25, 0.3) is 0 Å². The van der Waals surface area contributed by atoms with Crippen molar-refractivity contribution in [3.63, 3.8) is 0 Å². The maximum atomic E-state index is 12.7. The molecule has 0 unspecified atom stereocenters. The van der Waals surface area contributed by atoms with Crippen molar-refractivity contribution >= 4 is 33.2 Å². The van der Waals surface area contributed by atoms with E-state index in [-0.39, 0.29) is 11.9 Å². The molecule has 2 aromatic rings. The highest BCUT2D eigenvalue weighted by Crippen LogP contribution is 2.19. The van der Waals surface area contributed by atoms with Crippen LogP contribution in [0.3, 0.4) is 0 Å². The second-order valence-electron chi connectivity index (χ2n) is 6.43. The number of halogens is 1. The number of nitrogens with one attached hydrogen (secondary N) is 1. The van der Waals surface area contributed by atoms with Gasteiger partial charge in [-0.25, -0.2) is 8.42 Å². The summed E-state index contributed by atoms with van der Waals surface area (Å²) in [5.74, 6) is -0.128. The molecule has 1 atom stereocenters. The first-order valence-electron chi connectivity index (χ1n) is 8.73. The molecule has 1 fully saturated rings. The van der Waals surface area contributed by atoms with Crippen molar-refractivity contribution in [3.05, 3.63) is 59.6 Å². The van der Waals surface area contributed by atoms with Crippen LogP contribution >= 0.6 is 11.6 Å². The predicted molar refractivity (Wildman–Crippen MR) is 106 cm³/mol. The normalized spacial score (nSPS) is 17.4. The van der Waals surface area contributed by atoms with Crippen molar-refractivity contribution in [2.45, 2.75) is 17.9 Å². The molecule has 0 aliphatic carbocycles. The maximum absolute atomic E-state index is 12.7. The van der Waals surface area contributed by atoms with Crippen LogP contribution in [0.2, 0.25) is 5.02 Å². The summed E-state index contributed by atoms with van der Waals surface area (Å²) in [5.41, 5.74) is 0.682. The Morgan fingerprint density at radius 3 is 2.19 bits per heavy atom. The monoisotopic (exact) mass is 407 g/mol. The summed E-state index contributed by atoms with van der Waals surface area (Å²) in [7, 11) is -3.49. The summed E-state index contributed by atoms with van der Waals surface area (Å²) in [6.07, 6.45) is 0. The van der Waals surface area contributed by atoms with Gasteiger partial charge in [0.15, 0.2) is 0 Å². The van der Waals surface area contributed by atoms with Gasteiger partial charge in [-0.2, -0.15) is 4.31 Å². The molecule has 3 rings (SSSR count). The predicted octanol–water partition coefficient (Wildman–Crippen LogP) is 2.67. The van der Waals surface area contributed by atoms with Gasteiger partial charge in [0.2, 0.25) is 15.9 Å². The van der Waals surface area contributed by atoms with E-state index in [1.54, 1.807) is 54.6 Å². The summed E-state index contributed by atoms with van der Waals surface area (Å²) < 4.78 is 26.8. The Kier molecular flexibility index (Phi) is 6.16. The van der Waals surface area contributed by atoms with Crippen molar-refractivity contribution in [1.29, 1.82) is 0 Å². The molecule has 8 heteroatoms. The van der Waals surface area contributed by atoms with E-state index in [1.807, 2.05) is 11.8 Å². The number of hydrogen-bond acceptors (Lipinski definition) is 4. The molecule has 1 heterocycles. The highest BCUT2D eigenvalue weighted by molar-refractivity contribution is 7.89. The first-order chi connectivity index (χ1) is 12.9. The minimum Gasteiger partial charge on any atom is -0.325 e. The molecule has 1 N–H and O–H groups in total. The van der Waals surface area contributed by atoms with Crippen LogP contribution in [0.15, 0.2) is 59.5 Å². The zero-order valence-electron chi connectivity index (χ0n) is 15.0. The van der Waals surface area contributed by atoms with Crippen LogP contribution in [0, 0.1) is 0 Å². The molecular weight excluding hydrogens is 386 g/mol. The number of sulfonamides is 1. The fourth-order valence-electron chi connectivity index (χ4n) is 3.02. The van der Waals surface area contributed by atoms with Gasteiger partial charge >= 0.3 is 0 Å². The molecule has 27 heavy (non-hydrogen) atoms. The van der Waals surface area contributed by atoms with Crippen LogP contribution in [0.5, 0.6) is 0 Å². The minimum absolute atomic E-state index is 0.128. The van der Waals surface area contributed by atoms with Gasteiger partial charge in [-0.15, -0.1) is 0 Å². The number of anilines is 1. The number of benzene rings is 2. The molecular formula is C19H22ClN3O3S. The van der Waals surface area contributed by atoms with Gasteiger partial charge in [0.1, 0.15) is 0 Å². The van der Waals surface area contributed by atoms with Crippen molar-refractivity contribution in [2.24, 2.45) is 0 Å². The standard InChI is InChI=1S/C19H22ClN3O3S/c1-15(19(24)21-17-9-7-16(20)8-10-17)22-11-13-23(14-12-22)27(25,26)18-5-3-2-4-6-18/h2-10,15H,11-14H2,1H3,(H,21,24)/t15-/m1/s1. The van der Waals surface area contributed by atoms with Crippen molar-refractivity contribution < 1.29 is 13.2 Å². The zero-order valence-corrected chi connectivity index (χ0v) is 16.6. The molecule has 0 radical (unpaired) electrons. The molecule has 0 spiro atoms. The van der Waals surface area contributed by atoms with E-state index in [9.17, 15) is 13.2 Å². The number of rotatable bonds is 5. The highest BCUT2D eigenvalue weighted by Gasteiger charge is 2.31. The lowest BCUT2D eigenvalue weighted by atomic mass is 10.2. The Morgan fingerprint density at radius 1 is 1.00 bits per heavy atom. The van der Waals surface area contributed by atoms with E-state index in [1.165, 1.54) is 4.31 Å². The maximum Gasteiger partial charge on any atom is 0.243 e. The third-order valence-corrected chi connectivity index (χ3v) is 6.86. The van der Waals surface area contributed by atoms with E-state index < -0.39 is 10.0 Å². The zero-order chi connectivity index (χ0) is 19.4. The molecule has 144 valence electrons. The van der Waals surface area contributed by atoms with Crippen LogP contribution in [-0.4, -0.2) is 55.8 Å². The van der Waals surface area contributed by atoms with Gasteiger partial charge in [0, 0.05) is 36.9 Å². The SMILES string of the molecule is C[C@H](C(=O)Nc1ccc(Cl)cc1)N1CCN(S(=O)(=O)c2ccccc2)CC1. The molecule has 1 saturated heterocycles. The van der Waals surface area contributed by atoms with Gasteiger partial charge in [0.05, 0.1) is 10.9 Å². The van der Waals surface area contributed by atoms with Crippen LogP contribution < -0.4 is 5.32 Å². The van der Waals surface area contributed by atoms with Crippen LogP contribution in [0.4, 0.5) is 5.69 Å². The fourth-order valence-corrected chi connectivity index (χ4v) is 4.59. The van der Waals surface area contributed by atoms with Gasteiger partial charge in [-0.3, -0.25) is 9.69 Å². The number of nitrogens with zero attached hydrogens (tertiary/aromatic N) is 2. The number of carbonyl (C=O) groups excluding carboxylic acids is 1. The lowest BCUT2D eigenvalue weighted by molar-refractivity contribution is -0.121. The summed E-state index contributed by atoms with van der Waals surface area (Å²) >= 11 is 5.85. The Hall–Kier alpha value is -1.93. The Morgan fingerprint density at radius 2 is 1.59 bits per heavy atom. The summed E-state index contributed by atoms with van der Waals surface area (Å²) in [4.78, 5) is 14.8. The Labute approximate surface area is 164 Å². The van der Waals surface area contributed by atoms with E-state index in [0.717, 1.165) is 0 Å².